The van der Waals surface area contributed by atoms with Crippen LogP contribution < -0.4 is 5.32 Å². The molecule has 1 aromatic rings. The van der Waals surface area contributed by atoms with Gasteiger partial charge in [0.1, 0.15) is 0 Å². The van der Waals surface area contributed by atoms with Gasteiger partial charge in [0, 0.05) is 5.69 Å². The van der Waals surface area contributed by atoms with Gasteiger partial charge in [0.2, 0.25) is 6.41 Å². The highest BCUT2D eigenvalue weighted by molar-refractivity contribution is 5.73. The Morgan fingerprint density at radius 3 is 2.79 bits per heavy atom. The third kappa shape index (κ3) is 2.34. The first-order valence-corrected chi connectivity index (χ1v) is 4.99. The van der Waals surface area contributed by atoms with Crippen LogP contribution >= 0.6 is 0 Å². The summed E-state index contributed by atoms with van der Waals surface area (Å²) < 4.78 is 0. The van der Waals surface area contributed by atoms with E-state index in [-0.39, 0.29) is 0 Å². The molecule has 1 rings (SSSR count). The molecule has 2 nitrogen and oxygen atoms in total. The van der Waals surface area contributed by atoms with Crippen LogP contribution in [-0.4, -0.2) is 6.41 Å². The van der Waals surface area contributed by atoms with Gasteiger partial charge in [-0.25, -0.2) is 0 Å². The van der Waals surface area contributed by atoms with E-state index in [1.54, 1.807) is 0 Å². The van der Waals surface area contributed by atoms with Gasteiger partial charge < -0.3 is 5.32 Å². The lowest BCUT2D eigenvalue weighted by Crippen LogP contribution is -1.99. The maximum Gasteiger partial charge on any atom is 0.211 e. The minimum absolute atomic E-state index is 0.544. The molecular formula is C12H17NO. The van der Waals surface area contributed by atoms with E-state index in [0.29, 0.717) is 5.92 Å². The molecule has 2 heteroatoms. The molecule has 14 heavy (non-hydrogen) atoms. The molecular weight excluding hydrogens is 174 g/mol. The van der Waals surface area contributed by atoms with Crippen molar-refractivity contribution < 1.29 is 4.79 Å². The van der Waals surface area contributed by atoms with Gasteiger partial charge in [0.15, 0.2) is 0 Å². The molecule has 1 unspecified atom stereocenters. The molecule has 0 fully saturated rings. The Balaban J connectivity index is 2.99. The van der Waals surface area contributed by atoms with Crippen LogP contribution in [0.25, 0.3) is 0 Å². The molecule has 1 amide bonds. The molecule has 0 spiro atoms. The van der Waals surface area contributed by atoms with Crippen molar-refractivity contribution in [3.63, 3.8) is 0 Å². The minimum atomic E-state index is 0.544. The molecule has 0 bridgehead atoms. The zero-order valence-corrected chi connectivity index (χ0v) is 9.00. The predicted molar refractivity (Wildman–Crippen MR) is 59.6 cm³/mol. The highest BCUT2D eigenvalue weighted by Gasteiger charge is 2.05. The lowest BCUT2D eigenvalue weighted by Gasteiger charge is -2.12. The van der Waals surface area contributed by atoms with Crippen LogP contribution in [0.1, 0.15) is 37.3 Å². The van der Waals surface area contributed by atoms with Crippen molar-refractivity contribution in [2.75, 3.05) is 5.32 Å². The zero-order valence-electron chi connectivity index (χ0n) is 9.00. The summed E-state index contributed by atoms with van der Waals surface area (Å²) in [6, 6.07) is 6.23. The van der Waals surface area contributed by atoms with E-state index < -0.39 is 0 Å². The number of benzene rings is 1. The average molecular weight is 191 g/mol. The van der Waals surface area contributed by atoms with Crippen LogP contribution in [0.5, 0.6) is 0 Å². The molecule has 76 valence electrons. The Bertz CT molecular complexity index is 320. The van der Waals surface area contributed by atoms with Crippen molar-refractivity contribution in [2.24, 2.45) is 0 Å². The molecule has 0 radical (unpaired) electrons. The molecule has 0 saturated heterocycles. The van der Waals surface area contributed by atoms with Crippen molar-refractivity contribution in [3.8, 4) is 0 Å². The second-order valence-corrected chi connectivity index (χ2v) is 3.65. The molecule has 0 aromatic heterocycles. The summed E-state index contributed by atoms with van der Waals surface area (Å²) in [6.07, 6.45) is 1.84. The van der Waals surface area contributed by atoms with Gasteiger partial charge in [-0.05, 0) is 36.5 Å². The first kappa shape index (κ1) is 10.8. The van der Waals surface area contributed by atoms with Crippen LogP contribution in [-0.2, 0) is 4.79 Å². The van der Waals surface area contributed by atoms with Crippen LogP contribution in [0.3, 0.4) is 0 Å². The Kier molecular flexibility index (Phi) is 3.69. The van der Waals surface area contributed by atoms with E-state index in [1.807, 2.05) is 13.0 Å². The average Bonchev–Trinajstić information content (AvgIpc) is 2.20. The molecule has 1 atom stereocenters. The van der Waals surface area contributed by atoms with E-state index in [4.69, 9.17) is 0 Å². The monoisotopic (exact) mass is 191 g/mol. The predicted octanol–water partition coefficient (Wildman–Crippen LogP) is 3.08. The number of hydrogen-bond acceptors (Lipinski definition) is 1. The van der Waals surface area contributed by atoms with Crippen LogP contribution in [0.15, 0.2) is 18.2 Å². The number of hydrogen-bond donors (Lipinski definition) is 1. The van der Waals surface area contributed by atoms with Gasteiger partial charge in [-0.3, -0.25) is 4.79 Å². The summed E-state index contributed by atoms with van der Waals surface area (Å²) in [6.45, 7) is 6.35. The third-order valence-corrected chi connectivity index (χ3v) is 2.66. The number of aryl methyl sites for hydroxylation is 1. The Morgan fingerprint density at radius 1 is 1.50 bits per heavy atom. The summed E-state index contributed by atoms with van der Waals surface area (Å²) in [7, 11) is 0. The quantitative estimate of drug-likeness (QED) is 0.728. The fourth-order valence-corrected chi connectivity index (χ4v) is 1.40. The van der Waals surface area contributed by atoms with Gasteiger partial charge in [-0.2, -0.15) is 0 Å². The van der Waals surface area contributed by atoms with Gasteiger partial charge in [0.05, 0.1) is 0 Å². The van der Waals surface area contributed by atoms with Crippen molar-refractivity contribution in [1.82, 2.24) is 0 Å². The Morgan fingerprint density at radius 2 is 2.21 bits per heavy atom. The number of carbonyl (C=O) groups excluding carboxylic acids is 1. The van der Waals surface area contributed by atoms with Crippen molar-refractivity contribution >= 4 is 12.1 Å². The first-order chi connectivity index (χ1) is 6.69. The zero-order chi connectivity index (χ0) is 10.6. The summed E-state index contributed by atoms with van der Waals surface area (Å²) in [5.41, 5.74) is 3.30. The summed E-state index contributed by atoms with van der Waals surface area (Å²) in [4.78, 5) is 10.4. The minimum Gasteiger partial charge on any atom is -0.328 e. The lowest BCUT2D eigenvalue weighted by molar-refractivity contribution is -0.105. The number of rotatable bonds is 4. The third-order valence-electron chi connectivity index (χ3n) is 2.66. The SMILES string of the molecule is CCC(C)c1ccc(C)c(NC=O)c1. The number of nitrogens with one attached hydrogen (secondary N) is 1. The smallest absolute Gasteiger partial charge is 0.211 e. The van der Waals surface area contributed by atoms with Crippen LogP contribution in [0.4, 0.5) is 5.69 Å². The lowest BCUT2D eigenvalue weighted by atomic mass is 9.97. The van der Waals surface area contributed by atoms with Crippen LogP contribution in [0.2, 0.25) is 0 Å². The summed E-state index contributed by atoms with van der Waals surface area (Å²) in [5.74, 6) is 0.544. The fourth-order valence-electron chi connectivity index (χ4n) is 1.40. The van der Waals surface area contributed by atoms with E-state index in [9.17, 15) is 4.79 Å². The molecule has 0 aliphatic rings. The highest BCUT2D eigenvalue weighted by Crippen LogP contribution is 2.24. The Hall–Kier alpha value is -1.31. The second-order valence-electron chi connectivity index (χ2n) is 3.65. The van der Waals surface area contributed by atoms with Gasteiger partial charge in [-0.15, -0.1) is 0 Å². The molecule has 0 aliphatic carbocycles. The Labute approximate surface area is 85.3 Å². The number of carbonyl (C=O) groups is 1. The van der Waals surface area contributed by atoms with E-state index in [2.05, 4.69) is 31.3 Å². The standard InChI is InChI=1S/C12H17NO/c1-4-9(2)11-6-5-10(3)12(7-11)13-8-14/h5-9H,4H2,1-3H3,(H,13,14). The highest BCUT2D eigenvalue weighted by atomic mass is 16.1. The van der Waals surface area contributed by atoms with Crippen molar-refractivity contribution in [1.29, 1.82) is 0 Å². The van der Waals surface area contributed by atoms with Gasteiger partial charge in [0.25, 0.3) is 0 Å². The van der Waals surface area contributed by atoms with Crippen molar-refractivity contribution in [3.05, 3.63) is 29.3 Å². The normalized spacial score (nSPS) is 12.2. The largest absolute Gasteiger partial charge is 0.328 e. The number of amides is 1. The number of anilines is 1. The maximum absolute atomic E-state index is 10.4. The summed E-state index contributed by atoms with van der Waals surface area (Å²) in [5, 5.41) is 2.71. The summed E-state index contributed by atoms with van der Waals surface area (Å²) >= 11 is 0. The molecule has 1 aromatic carbocycles. The van der Waals surface area contributed by atoms with E-state index in [0.717, 1.165) is 24.1 Å². The topological polar surface area (TPSA) is 29.1 Å². The molecule has 0 saturated carbocycles. The van der Waals surface area contributed by atoms with E-state index >= 15 is 0 Å². The second kappa shape index (κ2) is 4.80. The molecule has 1 N–H and O–H groups in total. The molecule has 0 heterocycles. The maximum atomic E-state index is 10.4. The van der Waals surface area contributed by atoms with E-state index in [1.165, 1.54) is 5.56 Å². The first-order valence-electron chi connectivity index (χ1n) is 4.99. The fraction of sp³-hybridized carbons (Fsp3) is 0.417. The van der Waals surface area contributed by atoms with Gasteiger partial charge in [-0.1, -0.05) is 26.0 Å². The van der Waals surface area contributed by atoms with Gasteiger partial charge >= 0.3 is 0 Å². The molecule has 0 aliphatic heterocycles. The van der Waals surface area contributed by atoms with Crippen molar-refractivity contribution in [2.45, 2.75) is 33.1 Å². The van der Waals surface area contributed by atoms with Crippen LogP contribution in [0, 0.1) is 6.92 Å².